The molecule has 20 heavy (non-hydrogen) atoms. The Bertz CT molecular complexity index is 565. The minimum Gasteiger partial charge on any atom is -0.480 e. The highest BCUT2D eigenvalue weighted by Gasteiger charge is 2.48. The van der Waals surface area contributed by atoms with E-state index in [-0.39, 0.29) is 18.2 Å². The number of nitrogens with one attached hydrogen (secondary N) is 1. The molecule has 9 nitrogen and oxygen atoms in total. The lowest BCUT2D eigenvalue weighted by molar-refractivity contribution is -0.385. The van der Waals surface area contributed by atoms with Gasteiger partial charge in [0.05, 0.1) is 4.92 Å². The van der Waals surface area contributed by atoms with E-state index in [2.05, 4.69) is 10.4 Å². The largest absolute Gasteiger partial charge is 0.480 e. The van der Waals surface area contributed by atoms with Crippen LogP contribution in [0.15, 0.2) is 12.4 Å². The number of carboxylic acid groups (broad SMARTS) is 1. The van der Waals surface area contributed by atoms with Crippen LogP contribution < -0.4 is 5.32 Å². The number of aromatic nitrogens is 2. The molecule has 1 aliphatic rings. The molecule has 0 saturated heterocycles. The van der Waals surface area contributed by atoms with Crippen LogP contribution in [0.25, 0.3) is 0 Å². The number of amides is 1. The molecule has 1 saturated carbocycles. The van der Waals surface area contributed by atoms with Crippen LogP contribution in [0.4, 0.5) is 5.69 Å². The smallest absolute Gasteiger partial charge is 0.329 e. The van der Waals surface area contributed by atoms with E-state index in [4.69, 9.17) is 0 Å². The highest BCUT2D eigenvalue weighted by Crippen LogP contribution is 2.39. The summed E-state index contributed by atoms with van der Waals surface area (Å²) < 4.78 is 1.10. The van der Waals surface area contributed by atoms with E-state index in [1.165, 1.54) is 6.92 Å². The predicted octanol–water partition coefficient (Wildman–Crippen LogP) is 0.161. The zero-order valence-corrected chi connectivity index (χ0v) is 10.8. The highest BCUT2D eigenvalue weighted by atomic mass is 16.6. The normalized spacial score (nSPS) is 17.2. The number of carbonyl (C=O) groups excluding carboxylic acids is 1. The molecule has 0 radical (unpaired) electrons. The van der Waals surface area contributed by atoms with E-state index < -0.39 is 22.3 Å². The van der Waals surface area contributed by atoms with Crippen molar-refractivity contribution in [3.63, 3.8) is 0 Å². The van der Waals surface area contributed by atoms with Gasteiger partial charge in [-0.3, -0.25) is 19.6 Å². The van der Waals surface area contributed by atoms with Gasteiger partial charge in [0.1, 0.15) is 24.5 Å². The molecule has 1 aromatic heterocycles. The average Bonchev–Trinajstić information content (AvgIpc) is 3.10. The van der Waals surface area contributed by atoms with Gasteiger partial charge >= 0.3 is 11.7 Å². The summed E-state index contributed by atoms with van der Waals surface area (Å²) >= 11 is 0. The van der Waals surface area contributed by atoms with Crippen LogP contribution in [-0.2, 0) is 16.1 Å². The Morgan fingerprint density at radius 2 is 2.30 bits per heavy atom. The van der Waals surface area contributed by atoms with Gasteiger partial charge in [-0.1, -0.05) is 0 Å². The lowest BCUT2D eigenvalue weighted by Gasteiger charge is -2.26. The Balaban J connectivity index is 2.00. The molecule has 1 fully saturated rings. The minimum atomic E-state index is -1.30. The summed E-state index contributed by atoms with van der Waals surface area (Å²) in [6.07, 6.45) is 3.67. The summed E-state index contributed by atoms with van der Waals surface area (Å²) in [4.78, 5) is 33.0. The van der Waals surface area contributed by atoms with E-state index in [1.807, 2.05) is 0 Å². The molecule has 108 valence electrons. The zero-order chi connectivity index (χ0) is 14.9. The van der Waals surface area contributed by atoms with Gasteiger partial charge in [0.25, 0.3) is 0 Å². The van der Waals surface area contributed by atoms with Crippen LogP contribution in [-0.4, -0.2) is 37.2 Å². The predicted molar refractivity (Wildman–Crippen MR) is 65.8 cm³/mol. The van der Waals surface area contributed by atoms with Gasteiger partial charge in [0.15, 0.2) is 0 Å². The molecular weight excluding hydrogens is 268 g/mol. The molecule has 1 unspecified atom stereocenters. The maximum Gasteiger partial charge on any atom is 0.329 e. The number of carbonyl (C=O) groups is 2. The van der Waals surface area contributed by atoms with Crippen molar-refractivity contribution in [3.05, 3.63) is 22.5 Å². The van der Waals surface area contributed by atoms with E-state index in [1.54, 1.807) is 0 Å². The fourth-order valence-corrected chi connectivity index (χ4v) is 2.00. The Hall–Kier alpha value is -2.45. The summed E-state index contributed by atoms with van der Waals surface area (Å²) in [5, 5.41) is 25.9. The van der Waals surface area contributed by atoms with Gasteiger partial charge in [-0.2, -0.15) is 5.10 Å². The van der Waals surface area contributed by atoms with Crippen LogP contribution in [0.2, 0.25) is 0 Å². The molecule has 9 heteroatoms. The van der Waals surface area contributed by atoms with Gasteiger partial charge < -0.3 is 10.4 Å². The van der Waals surface area contributed by atoms with Crippen molar-refractivity contribution in [1.82, 2.24) is 15.1 Å². The summed E-state index contributed by atoms with van der Waals surface area (Å²) in [7, 11) is 0. The van der Waals surface area contributed by atoms with Crippen LogP contribution in [0.3, 0.4) is 0 Å². The fourth-order valence-electron chi connectivity index (χ4n) is 2.00. The van der Waals surface area contributed by atoms with Crippen molar-refractivity contribution in [1.29, 1.82) is 0 Å². The fraction of sp³-hybridized carbons (Fsp3) is 0.545. The average molecular weight is 282 g/mol. The Kier molecular flexibility index (Phi) is 3.43. The second-order valence-corrected chi connectivity index (χ2v) is 4.98. The van der Waals surface area contributed by atoms with Crippen molar-refractivity contribution in [2.24, 2.45) is 5.92 Å². The SMILES string of the molecule is CC(NC(=O)Cn1cc([N+](=O)[O-])cn1)(C(=O)O)C1CC1. The summed E-state index contributed by atoms with van der Waals surface area (Å²) in [6.45, 7) is 1.21. The molecular formula is C11H14N4O5. The molecule has 1 aromatic rings. The Morgan fingerprint density at radius 1 is 1.65 bits per heavy atom. The maximum absolute atomic E-state index is 11.8. The third kappa shape index (κ3) is 2.76. The molecule has 2 N–H and O–H groups in total. The van der Waals surface area contributed by atoms with E-state index in [0.29, 0.717) is 0 Å². The lowest BCUT2D eigenvalue weighted by atomic mass is 9.96. The van der Waals surface area contributed by atoms with Crippen molar-refractivity contribution in [2.45, 2.75) is 31.8 Å². The van der Waals surface area contributed by atoms with Crippen molar-refractivity contribution in [2.75, 3.05) is 0 Å². The summed E-state index contributed by atoms with van der Waals surface area (Å²) in [5.74, 6) is -1.70. The first kappa shape index (κ1) is 14.0. The van der Waals surface area contributed by atoms with Crippen LogP contribution >= 0.6 is 0 Å². The molecule has 0 aromatic carbocycles. The monoisotopic (exact) mass is 282 g/mol. The first-order valence-corrected chi connectivity index (χ1v) is 6.04. The number of carboxylic acids is 1. The highest BCUT2D eigenvalue weighted by molar-refractivity contribution is 5.87. The molecule has 0 bridgehead atoms. The van der Waals surface area contributed by atoms with Gasteiger partial charge in [-0.05, 0) is 25.7 Å². The number of nitro groups is 1. The van der Waals surface area contributed by atoms with E-state index in [9.17, 15) is 24.8 Å². The number of hydrogen-bond acceptors (Lipinski definition) is 5. The van der Waals surface area contributed by atoms with Crippen LogP contribution in [0.1, 0.15) is 19.8 Å². The van der Waals surface area contributed by atoms with Crippen LogP contribution in [0.5, 0.6) is 0 Å². The molecule has 1 heterocycles. The molecule has 1 amide bonds. The molecule has 0 aliphatic heterocycles. The third-order valence-electron chi connectivity index (χ3n) is 3.37. The number of nitrogens with zero attached hydrogens (tertiary/aromatic N) is 3. The first-order valence-electron chi connectivity index (χ1n) is 6.04. The standard InChI is InChI=1S/C11H14N4O5/c1-11(10(17)18,7-2-3-7)13-9(16)6-14-5-8(4-12-14)15(19)20/h4-5,7H,2-3,6H2,1H3,(H,13,16)(H,17,18). The molecule has 1 aliphatic carbocycles. The number of hydrogen-bond donors (Lipinski definition) is 2. The quantitative estimate of drug-likeness (QED) is 0.565. The van der Waals surface area contributed by atoms with Crippen molar-refractivity contribution >= 4 is 17.6 Å². The van der Waals surface area contributed by atoms with Gasteiger partial charge in [0.2, 0.25) is 5.91 Å². The van der Waals surface area contributed by atoms with Crippen molar-refractivity contribution < 1.29 is 19.6 Å². The van der Waals surface area contributed by atoms with Gasteiger partial charge in [0, 0.05) is 0 Å². The second kappa shape index (κ2) is 4.91. The van der Waals surface area contributed by atoms with E-state index in [0.717, 1.165) is 29.9 Å². The van der Waals surface area contributed by atoms with Gasteiger partial charge in [-0.15, -0.1) is 0 Å². The van der Waals surface area contributed by atoms with Crippen LogP contribution in [0, 0.1) is 16.0 Å². The first-order chi connectivity index (χ1) is 9.33. The molecule has 1 atom stereocenters. The molecule has 2 rings (SSSR count). The second-order valence-electron chi connectivity index (χ2n) is 4.98. The number of aliphatic carboxylic acids is 1. The Labute approximate surface area is 113 Å². The number of rotatable bonds is 6. The summed E-state index contributed by atoms with van der Waals surface area (Å²) in [5.41, 5.74) is -1.52. The summed E-state index contributed by atoms with van der Waals surface area (Å²) in [6, 6.07) is 0. The zero-order valence-electron chi connectivity index (χ0n) is 10.8. The third-order valence-corrected chi connectivity index (χ3v) is 3.37. The molecule has 0 spiro atoms. The van der Waals surface area contributed by atoms with E-state index >= 15 is 0 Å². The van der Waals surface area contributed by atoms with Crippen molar-refractivity contribution in [3.8, 4) is 0 Å². The minimum absolute atomic E-state index is 0.0732. The maximum atomic E-state index is 11.8. The Morgan fingerprint density at radius 3 is 2.75 bits per heavy atom. The van der Waals surface area contributed by atoms with Gasteiger partial charge in [-0.25, -0.2) is 4.79 Å². The topological polar surface area (TPSA) is 127 Å². The lowest BCUT2D eigenvalue weighted by Crippen LogP contribution is -2.54.